The van der Waals surface area contributed by atoms with Gasteiger partial charge in [0.25, 0.3) is 0 Å². The third-order valence-electron chi connectivity index (χ3n) is 11.4. The Kier molecular flexibility index (Phi) is 6.09. The van der Waals surface area contributed by atoms with Crippen LogP contribution < -0.4 is 0 Å². The van der Waals surface area contributed by atoms with Crippen molar-refractivity contribution in [2.75, 3.05) is 0 Å². The number of furan rings is 2. The lowest BCUT2D eigenvalue weighted by molar-refractivity contribution is 0.656. The van der Waals surface area contributed by atoms with Crippen LogP contribution in [-0.2, 0) is 0 Å². The molecule has 0 radical (unpaired) electrons. The van der Waals surface area contributed by atoms with Gasteiger partial charge >= 0.3 is 0 Å². The molecule has 12 rings (SSSR count). The van der Waals surface area contributed by atoms with Crippen LogP contribution in [-0.4, -0.2) is 0 Å². The summed E-state index contributed by atoms with van der Waals surface area (Å²) in [6, 6.07) is 65.9. The fourth-order valence-corrected chi connectivity index (χ4v) is 8.87. The molecule has 250 valence electrons. The maximum absolute atomic E-state index is 6.47. The number of rotatable bonds is 3. The topological polar surface area (TPSA) is 26.3 Å². The molecule has 10 aromatic carbocycles. The predicted molar refractivity (Wildman–Crippen MR) is 227 cm³/mol. The van der Waals surface area contributed by atoms with E-state index >= 15 is 0 Å². The molecular formula is C52H30O2. The van der Waals surface area contributed by atoms with Crippen molar-refractivity contribution < 1.29 is 8.83 Å². The minimum Gasteiger partial charge on any atom is -0.456 e. The first-order valence-corrected chi connectivity index (χ1v) is 18.5. The first kappa shape index (κ1) is 29.4. The zero-order valence-corrected chi connectivity index (χ0v) is 29.1. The third-order valence-corrected chi connectivity index (χ3v) is 11.4. The highest BCUT2D eigenvalue weighted by Gasteiger charge is 2.18. The molecule has 2 heteroatoms. The molecule has 2 aromatic heterocycles. The molecule has 0 bridgehead atoms. The molecule has 0 unspecified atom stereocenters. The first-order chi connectivity index (χ1) is 26.7. The largest absolute Gasteiger partial charge is 0.456 e. The summed E-state index contributed by atoms with van der Waals surface area (Å²) >= 11 is 0. The molecule has 0 aliphatic heterocycles. The molecule has 0 aliphatic rings. The molecule has 54 heavy (non-hydrogen) atoms. The summed E-state index contributed by atoms with van der Waals surface area (Å²) in [4.78, 5) is 0. The lowest BCUT2D eigenvalue weighted by Crippen LogP contribution is -1.91. The molecule has 0 amide bonds. The summed E-state index contributed by atoms with van der Waals surface area (Å²) in [7, 11) is 0. The Morgan fingerprint density at radius 1 is 0.222 bits per heavy atom. The number of hydrogen-bond donors (Lipinski definition) is 0. The molecular weight excluding hydrogens is 657 g/mol. The average molecular weight is 687 g/mol. The van der Waals surface area contributed by atoms with Crippen LogP contribution in [0.2, 0.25) is 0 Å². The Hall–Kier alpha value is -7.16. The summed E-state index contributed by atoms with van der Waals surface area (Å²) in [5, 5.41) is 14.3. The van der Waals surface area contributed by atoms with E-state index in [1.165, 1.54) is 71.1 Å². The summed E-state index contributed by atoms with van der Waals surface area (Å²) < 4.78 is 12.6. The van der Waals surface area contributed by atoms with E-state index in [2.05, 4.69) is 164 Å². The smallest absolute Gasteiger partial charge is 0.139 e. The maximum atomic E-state index is 6.47. The predicted octanol–water partition coefficient (Wildman–Crippen LogP) is 15.1. The fraction of sp³-hybridized carbons (Fsp3) is 0. The van der Waals surface area contributed by atoms with Crippen LogP contribution in [0.25, 0.3) is 120 Å². The number of fused-ring (bicyclic) bond motifs is 10. The number of benzene rings is 10. The van der Waals surface area contributed by atoms with E-state index < -0.39 is 0 Å². The lowest BCUT2D eigenvalue weighted by Gasteiger charge is -2.18. The van der Waals surface area contributed by atoms with E-state index in [9.17, 15) is 0 Å². The summed E-state index contributed by atoms with van der Waals surface area (Å²) in [6.45, 7) is 0. The highest BCUT2D eigenvalue weighted by atomic mass is 16.3. The van der Waals surface area contributed by atoms with Crippen molar-refractivity contribution in [3.8, 4) is 33.4 Å². The minimum atomic E-state index is 0.839. The van der Waals surface area contributed by atoms with Gasteiger partial charge in [0.1, 0.15) is 22.3 Å². The SMILES string of the molecule is c1cc(-c2ccc3cc4c(cc3c2)oc2cc3oc5ccccc5c3cc24)cc(-c2c3ccccc3c(-c3ccc4ccccc4c3)c3ccccc23)c1. The van der Waals surface area contributed by atoms with Gasteiger partial charge < -0.3 is 8.83 Å². The van der Waals surface area contributed by atoms with E-state index in [0.717, 1.165) is 49.3 Å². The van der Waals surface area contributed by atoms with E-state index in [-0.39, 0.29) is 0 Å². The molecule has 0 atom stereocenters. The molecule has 0 saturated heterocycles. The van der Waals surface area contributed by atoms with Gasteiger partial charge in [-0.3, -0.25) is 0 Å². The molecule has 12 aromatic rings. The standard InChI is InChI=1S/C52H30O2/c1-2-11-32-24-37(23-20-31(32)10-1)52-42-17-5-3-15-40(42)51(41-16-4-6-18-43(41)52)36-13-9-12-33(25-36)34-21-22-35-27-44-46-29-45-39-14-7-8-19-47(39)53-49(45)30-50(46)54-48(44)28-38(35)26-34/h1-30H. The van der Waals surface area contributed by atoms with Crippen LogP contribution >= 0.6 is 0 Å². The minimum absolute atomic E-state index is 0.839. The summed E-state index contributed by atoms with van der Waals surface area (Å²) in [5.41, 5.74) is 10.8. The number of para-hydroxylation sites is 1. The second-order valence-electron chi connectivity index (χ2n) is 14.4. The maximum Gasteiger partial charge on any atom is 0.139 e. The fourth-order valence-electron chi connectivity index (χ4n) is 8.87. The van der Waals surface area contributed by atoms with Crippen molar-refractivity contribution in [2.45, 2.75) is 0 Å². The van der Waals surface area contributed by atoms with Crippen molar-refractivity contribution in [3.63, 3.8) is 0 Å². The van der Waals surface area contributed by atoms with Gasteiger partial charge in [0, 0.05) is 27.6 Å². The van der Waals surface area contributed by atoms with E-state index in [1.54, 1.807) is 0 Å². The lowest BCUT2D eigenvalue weighted by atomic mass is 9.85. The third kappa shape index (κ3) is 4.34. The summed E-state index contributed by atoms with van der Waals surface area (Å²) in [5.74, 6) is 0. The molecule has 0 fully saturated rings. The van der Waals surface area contributed by atoms with E-state index in [4.69, 9.17) is 8.83 Å². The monoisotopic (exact) mass is 686 g/mol. The van der Waals surface area contributed by atoms with Crippen LogP contribution in [0.15, 0.2) is 191 Å². The van der Waals surface area contributed by atoms with E-state index in [1.807, 2.05) is 18.2 Å². The van der Waals surface area contributed by atoms with Gasteiger partial charge in [-0.15, -0.1) is 0 Å². The van der Waals surface area contributed by atoms with Gasteiger partial charge in [-0.2, -0.15) is 0 Å². The van der Waals surface area contributed by atoms with Gasteiger partial charge in [0.2, 0.25) is 0 Å². The Morgan fingerprint density at radius 2 is 0.704 bits per heavy atom. The second kappa shape index (κ2) is 11.2. The molecule has 2 heterocycles. The van der Waals surface area contributed by atoms with E-state index in [0.29, 0.717) is 0 Å². The van der Waals surface area contributed by atoms with Gasteiger partial charge in [0.05, 0.1) is 0 Å². The molecule has 0 N–H and O–H groups in total. The van der Waals surface area contributed by atoms with Crippen molar-refractivity contribution in [2.24, 2.45) is 0 Å². The van der Waals surface area contributed by atoms with Crippen LogP contribution in [0.1, 0.15) is 0 Å². The molecule has 0 saturated carbocycles. The quantitative estimate of drug-likeness (QED) is 0.173. The van der Waals surface area contributed by atoms with Gasteiger partial charge in [-0.25, -0.2) is 0 Å². The highest BCUT2D eigenvalue weighted by molar-refractivity contribution is 6.22. The zero-order valence-electron chi connectivity index (χ0n) is 29.1. The molecule has 0 aliphatic carbocycles. The van der Waals surface area contributed by atoms with Crippen LogP contribution in [0, 0.1) is 0 Å². The van der Waals surface area contributed by atoms with Gasteiger partial charge in [0.15, 0.2) is 0 Å². The number of hydrogen-bond acceptors (Lipinski definition) is 2. The van der Waals surface area contributed by atoms with Crippen molar-refractivity contribution >= 4 is 87.0 Å². The van der Waals surface area contributed by atoms with Crippen molar-refractivity contribution in [1.29, 1.82) is 0 Å². The van der Waals surface area contributed by atoms with Crippen LogP contribution in [0.4, 0.5) is 0 Å². The highest BCUT2D eigenvalue weighted by Crippen LogP contribution is 2.45. The average Bonchev–Trinajstić information content (AvgIpc) is 3.77. The van der Waals surface area contributed by atoms with Crippen molar-refractivity contribution in [1.82, 2.24) is 0 Å². The Bertz CT molecular complexity index is 3450. The molecule has 0 spiro atoms. The first-order valence-electron chi connectivity index (χ1n) is 18.5. The molecule has 2 nitrogen and oxygen atoms in total. The van der Waals surface area contributed by atoms with Gasteiger partial charge in [-0.05, 0) is 119 Å². The second-order valence-corrected chi connectivity index (χ2v) is 14.4. The Labute approximate surface area is 310 Å². The zero-order chi connectivity index (χ0) is 35.3. The van der Waals surface area contributed by atoms with Crippen LogP contribution in [0.5, 0.6) is 0 Å². The normalized spacial score (nSPS) is 12.1. The summed E-state index contributed by atoms with van der Waals surface area (Å²) in [6.07, 6.45) is 0. The van der Waals surface area contributed by atoms with Gasteiger partial charge in [-0.1, -0.05) is 133 Å². The van der Waals surface area contributed by atoms with Crippen LogP contribution in [0.3, 0.4) is 0 Å². The Balaban J connectivity index is 1.01. The Morgan fingerprint density at radius 3 is 1.46 bits per heavy atom. The van der Waals surface area contributed by atoms with Crippen molar-refractivity contribution in [3.05, 3.63) is 182 Å².